The molecule has 2 aromatic carbocycles. The van der Waals surface area contributed by atoms with Crippen LogP contribution in [-0.4, -0.2) is 9.38 Å². The number of para-hydroxylation sites is 2. The van der Waals surface area contributed by atoms with Gasteiger partial charge in [-0.05, 0) is 23.6 Å². The number of fused-ring (bicyclic) bond motifs is 5. The molecular formula is C15H10N2. The lowest BCUT2D eigenvalue weighted by Gasteiger charge is -2.00. The van der Waals surface area contributed by atoms with E-state index in [1.165, 1.54) is 10.8 Å². The SMILES string of the molecule is c1ccc2c(c1)ccn1c3ccccc3nc21. The molecule has 0 N–H and O–H groups in total. The molecule has 0 saturated carbocycles. The summed E-state index contributed by atoms with van der Waals surface area (Å²) in [6, 6.07) is 18.7. The molecule has 17 heavy (non-hydrogen) atoms. The van der Waals surface area contributed by atoms with Crippen molar-refractivity contribution in [1.29, 1.82) is 0 Å². The Kier molecular flexibility index (Phi) is 1.59. The third-order valence-corrected chi connectivity index (χ3v) is 3.20. The smallest absolute Gasteiger partial charge is 0.145 e. The van der Waals surface area contributed by atoms with Crippen LogP contribution in [0.2, 0.25) is 0 Å². The lowest BCUT2D eigenvalue weighted by molar-refractivity contribution is 1.25. The highest BCUT2D eigenvalue weighted by molar-refractivity contribution is 5.97. The minimum atomic E-state index is 1.03. The van der Waals surface area contributed by atoms with Crippen molar-refractivity contribution in [2.75, 3.05) is 0 Å². The molecule has 0 atom stereocenters. The fourth-order valence-corrected chi connectivity index (χ4v) is 2.39. The minimum absolute atomic E-state index is 1.03. The van der Waals surface area contributed by atoms with Gasteiger partial charge in [-0.25, -0.2) is 4.98 Å². The molecule has 2 nitrogen and oxygen atoms in total. The minimum Gasteiger partial charge on any atom is -0.299 e. The maximum absolute atomic E-state index is 4.71. The Bertz CT molecular complexity index is 843. The molecule has 0 aliphatic carbocycles. The van der Waals surface area contributed by atoms with Gasteiger partial charge in [-0.3, -0.25) is 4.40 Å². The molecule has 0 aliphatic rings. The van der Waals surface area contributed by atoms with Crippen molar-refractivity contribution >= 4 is 27.5 Å². The van der Waals surface area contributed by atoms with Gasteiger partial charge in [0, 0.05) is 11.6 Å². The van der Waals surface area contributed by atoms with E-state index in [0.717, 1.165) is 16.7 Å². The van der Waals surface area contributed by atoms with Crippen LogP contribution in [0.1, 0.15) is 0 Å². The highest BCUT2D eigenvalue weighted by Crippen LogP contribution is 2.23. The number of nitrogens with zero attached hydrogens (tertiary/aromatic N) is 2. The van der Waals surface area contributed by atoms with Crippen molar-refractivity contribution < 1.29 is 0 Å². The largest absolute Gasteiger partial charge is 0.299 e. The van der Waals surface area contributed by atoms with E-state index in [1.54, 1.807) is 0 Å². The van der Waals surface area contributed by atoms with Crippen LogP contribution in [0.5, 0.6) is 0 Å². The molecule has 0 bridgehead atoms. The van der Waals surface area contributed by atoms with E-state index >= 15 is 0 Å². The van der Waals surface area contributed by atoms with Crippen LogP contribution < -0.4 is 0 Å². The Morgan fingerprint density at radius 2 is 1.65 bits per heavy atom. The molecular weight excluding hydrogens is 208 g/mol. The number of benzene rings is 2. The Labute approximate surface area is 98.1 Å². The first-order chi connectivity index (χ1) is 8.43. The highest BCUT2D eigenvalue weighted by Gasteiger charge is 2.05. The molecule has 2 heteroatoms. The summed E-state index contributed by atoms with van der Waals surface area (Å²) in [5.74, 6) is 0. The summed E-state index contributed by atoms with van der Waals surface area (Å²) in [6.45, 7) is 0. The topological polar surface area (TPSA) is 17.3 Å². The van der Waals surface area contributed by atoms with Crippen molar-refractivity contribution in [3.05, 3.63) is 60.8 Å². The molecule has 0 radical (unpaired) electrons. The summed E-state index contributed by atoms with van der Waals surface area (Å²) in [6.07, 6.45) is 2.09. The Morgan fingerprint density at radius 3 is 2.65 bits per heavy atom. The standard InChI is InChI=1S/C15H10N2/c1-2-6-12-11(5-1)9-10-17-14-8-4-3-7-13(14)16-15(12)17/h1-10H. The van der Waals surface area contributed by atoms with Crippen molar-refractivity contribution in [3.8, 4) is 0 Å². The molecule has 0 fully saturated rings. The summed E-state index contributed by atoms with van der Waals surface area (Å²) in [7, 11) is 0. The van der Waals surface area contributed by atoms with Crippen LogP contribution in [0, 0.1) is 0 Å². The monoisotopic (exact) mass is 218 g/mol. The number of hydrogen-bond acceptors (Lipinski definition) is 1. The van der Waals surface area contributed by atoms with Gasteiger partial charge in [0.15, 0.2) is 0 Å². The maximum Gasteiger partial charge on any atom is 0.145 e. The van der Waals surface area contributed by atoms with Gasteiger partial charge in [-0.1, -0.05) is 36.4 Å². The van der Waals surface area contributed by atoms with Crippen molar-refractivity contribution in [1.82, 2.24) is 9.38 Å². The fraction of sp³-hybridized carbons (Fsp3) is 0. The molecule has 0 unspecified atom stereocenters. The van der Waals surface area contributed by atoms with E-state index in [2.05, 4.69) is 53.1 Å². The van der Waals surface area contributed by atoms with E-state index in [-0.39, 0.29) is 0 Å². The van der Waals surface area contributed by atoms with Crippen LogP contribution >= 0.6 is 0 Å². The summed E-state index contributed by atoms with van der Waals surface area (Å²) in [5.41, 5.74) is 3.24. The van der Waals surface area contributed by atoms with Gasteiger partial charge < -0.3 is 0 Å². The molecule has 80 valence electrons. The fourth-order valence-electron chi connectivity index (χ4n) is 2.39. The number of aromatic nitrogens is 2. The van der Waals surface area contributed by atoms with Crippen LogP contribution in [0.4, 0.5) is 0 Å². The molecule has 4 rings (SSSR count). The summed E-state index contributed by atoms with van der Waals surface area (Å²) >= 11 is 0. The van der Waals surface area contributed by atoms with Crippen molar-refractivity contribution in [3.63, 3.8) is 0 Å². The van der Waals surface area contributed by atoms with Gasteiger partial charge in [-0.15, -0.1) is 0 Å². The van der Waals surface area contributed by atoms with E-state index in [4.69, 9.17) is 4.98 Å². The number of imidazole rings is 1. The maximum atomic E-state index is 4.71. The average Bonchev–Trinajstić information content (AvgIpc) is 2.78. The molecule has 2 aromatic heterocycles. The molecule has 0 saturated heterocycles. The number of pyridine rings is 1. The zero-order chi connectivity index (χ0) is 11.2. The van der Waals surface area contributed by atoms with Crippen molar-refractivity contribution in [2.24, 2.45) is 0 Å². The second-order valence-electron chi connectivity index (χ2n) is 4.20. The van der Waals surface area contributed by atoms with Gasteiger partial charge in [-0.2, -0.15) is 0 Å². The molecule has 0 amide bonds. The van der Waals surface area contributed by atoms with Gasteiger partial charge in [0.25, 0.3) is 0 Å². The quantitative estimate of drug-likeness (QED) is 0.440. The predicted molar refractivity (Wildman–Crippen MR) is 70.2 cm³/mol. The molecule has 4 aromatic rings. The second-order valence-corrected chi connectivity index (χ2v) is 4.20. The number of hydrogen-bond donors (Lipinski definition) is 0. The summed E-state index contributed by atoms with van der Waals surface area (Å²) in [5, 5.41) is 2.43. The third-order valence-electron chi connectivity index (χ3n) is 3.20. The lowest BCUT2D eigenvalue weighted by Crippen LogP contribution is -1.84. The first-order valence-corrected chi connectivity index (χ1v) is 5.68. The second kappa shape index (κ2) is 3.08. The highest BCUT2D eigenvalue weighted by atomic mass is 15.0. The molecule has 0 spiro atoms. The lowest BCUT2D eigenvalue weighted by atomic mass is 10.2. The van der Waals surface area contributed by atoms with E-state index in [1.807, 2.05) is 12.1 Å². The third kappa shape index (κ3) is 1.12. The van der Waals surface area contributed by atoms with Crippen LogP contribution in [0.15, 0.2) is 60.8 Å². The summed E-state index contributed by atoms with van der Waals surface area (Å²) in [4.78, 5) is 4.71. The van der Waals surface area contributed by atoms with Crippen molar-refractivity contribution in [2.45, 2.75) is 0 Å². The van der Waals surface area contributed by atoms with Crippen LogP contribution in [0.3, 0.4) is 0 Å². The van der Waals surface area contributed by atoms with Gasteiger partial charge in [0.1, 0.15) is 5.65 Å². The first-order valence-electron chi connectivity index (χ1n) is 5.68. The van der Waals surface area contributed by atoms with E-state index < -0.39 is 0 Å². The normalized spacial score (nSPS) is 11.5. The first kappa shape index (κ1) is 8.76. The molecule has 0 aliphatic heterocycles. The van der Waals surface area contributed by atoms with Crippen LogP contribution in [-0.2, 0) is 0 Å². The van der Waals surface area contributed by atoms with Crippen LogP contribution in [0.25, 0.3) is 27.5 Å². The Balaban J connectivity index is 2.34. The summed E-state index contributed by atoms with van der Waals surface area (Å²) < 4.78 is 2.15. The predicted octanol–water partition coefficient (Wildman–Crippen LogP) is 3.64. The van der Waals surface area contributed by atoms with Gasteiger partial charge >= 0.3 is 0 Å². The van der Waals surface area contributed by atoms with E-state index in [0.29, 0.717) is 0 Å². The average molecular weight is 218 g/mol. The van der Waals surface area contributed by atoms with Gasteiger partial charge in [0.2, 0.25) is 0 Å². The Morgan fingerprint density at radius 1 is 0.824 bits per heavy atom. The number of rotatable bonds is 0. The zero-order valence-corrected chi connectivity index (χ0v) is 9.17. The Hall–Kier alpha value is -2.35. The van der Waals surface area contributed by atoms with Gasteiger partial charge in [0.05, 0.1) is 11.0 Å². The molecule has 2 heterocycles. The van der Waals surface area contributed by atoms with E-state index in [9.17, 15) is 0 Å². The zero-order valence-electron chi connectivity index (χ0n) is 9.17.